The number of pyridine rings is 1. The fraction of sp³-hybridized carbons (Fsp3) is 0.455. The Kier molecular flexibility index (Phi) is 7.13. The van der Waals surface area contributed by atoms with Crippen LogP contribution >= 0.6 is 24.8 Å². The highest BCUT2D eigenvalue weighted by Crippen LogP contribution is 2.08. The van der Waals surface area contributed by atoms with Gasteiger partial charge >= 0.3 is 0 Å². The minimum Gasteiger partial charge on any atom is -0.336 e. The molecular formula is C11H16Cl2FN3O. The van der Waals surface area contributed by atoms with Crippen LogP contribution in [0.2, 0.25) is 0 Å². The molecule has 102 valence electrons. The molecule has 1 aliphatic heterocycles. The van der Waals surface area contributed by atoms with E-state index in [0.29, 0.717) is 18.7 Å². The van der Waals surface area contributed by atoms with Crippen molar-refractivity contribution in [3.8, 4) is 0 Å². The normalized spacial score (nSPS) is 18.6. The Morgan fingerprint density at radius 2 is 2.22 bits per heavy atom. The first-order chi connectivity index (χ1) is 7.66. The van der Waals surface area contributed by atoms with Crippen LogP contribution in [0.15, 0.2) is 18.5 Å². The Balaban J connectivity index is 0.00000144. The summed E-state index contributed by atoms with van der Waals surface area (Å²) < 4.78 is 12.9. The molecule has 0 aromatic carbocycles. The first-order valence-electron chi connectivity index (χ1n) is 5.30. The van der Waals surface area contributed by atoms with E-state index in [4.69, 9.17) is 0 Å². The van der Waals surface area contributed by atoms with Crippen molar-refractivity contribution in [2.75, 3.05) is 19.6 Å². The molecular weight excluding hydrogens is 280 g/mol. The minimum atomic E-state index is -0.478. The maximum absolute atomic E-state index is 12.9. The van der Waals surface area contributed by atoms with E-state index in [1.165, 1.54) is 12.3 Å². The number of hydrogen-bond donors (Lipinski definition) is 1. The molecule has 1 atom stereocenters. The van der Waals surface area contributed by atoms with Crippen LogP contribution in [0.1, 0.15) is 17.3 Å². The number of rotatable bonds is 1. The van der Waals surface area contributed by atoms with Gasteiger partial charge < -0.3 is 10.2 Å². The highest BCUT2D eigenvalue weighted by atomic mass is 35.5. The topological polar surface area (TPSA) is 45.2 Å². The Morgan fingerprint density at radius 1 is 1.50 bits per heavy atom. The van der Waals surface area contributed by atoms with Crippen LogP contribution in [0, 0.1) is 5.82 Å². The summed E-state index contributed by atoms with van der Waals surface area (Å²) in [4.78, 5) is 17.4. The number of piperazine rings is 1. The second-order valence-corrected chi connectivity index (χ2v) is 4.00. The van der Waals surface area contributed by atoms with Crippen molar-refractivity contribution in [1.82, 2.24) is 15.2 Å². The lowest BCUT2D eigenvalue weighted by Crippen LogP contribution is -2.51. The maximum Gasteiger partial charge on any atom is 0.255 e. The molecule has 7 heteroatoms. The van der Waals surface area contributed by atoms with Gasteiger partial charge in [-0.3, -0.25) is 9.78 Å². The molecule has 4 nitrogen and oxygen atoms in total. The third-order valence-electron chi connectivity index (χ3n) is 2.61. The van der Waals surface area contributed by atoms with E-state index >= 15 is 0 Å². The molecule has 1 aliphatic rings. The Hall–Kier alpha value is -0.910. The van der Waals surface area contributed by atoms with E-state index in [1.54, 1.807) is 4.90 Å². The zero-order chi connectivity index (χ0) is 11.5. The predicted octanol–water partition coefficient (Wildman–Crippen LogP) is 1.50. The van der Waals surface area contributed by atoms with E-state index in [-0.39, 0.29) is 36.8 Å². The van der Waals surface area contributed by atoms with Gasteiger partial charge in [-0.25, -0.2) is 4.39 Å². The van der Waals surface area contributed by atoms with Crippen molar-refractivity contribution < 1.29 is 9.18 Å². The number of carbonyl (C=O) groups excluding carboxylic acids is 1. The van der Waals surface area contributed by atoms with Crippen LogP contribution in [-0.2, 0) is 0 Å². The van der Waals surface area contributed by atoms with Gasteiger partial charge in [-0.05, 0) is 13.0 Å². The summed E-state index contributed by atoms with van der Waals surface area (Å²) in [5.41, 5.74) is 0.314. The summed E-state index contributed by atoms with van der Waals surface area (Å²) >= 11 is 0. The highest BCUT2D eigenvalue weighted by molar-refractivity contribution is 5.94. The number of hydrogen-bond acceptors (Lipinski definition) is 3. The molecule has 1 amide bonds. The van der Waals surface area contributed by atoms with Crippen LogP contribution in [0.3, 0.4) is 0 Å². The third kappa shape index (κ3) is 4.08. The van der Waals surface area contributed by atoms with Crippen LogP contribution in [0.5, 0.6) is 0 Å². The first-order valence-corrected chi connectivity index (χ1v) is 5.30. The fourth-order valence-electron chi connectivity index (χ4n) is 1.83. The molecule has 0 saturated carbocycles. The summed E-state index contributed by atoms with van der Waals surface area (Å²) in [7, 11) is 0. The lowest BCUT2D eigenvalue weighted by Gasteiger charge is -2.31. The SMILES string of the molecule is CC1CN(C(=O)c2cncc(F)c2)CCN1.Cl.Cl. The summed E-state index contributed by atoms with van der Waals surface area (Å²) in [5, 5.41) is 3.25. The van der Waals surface area contributed by atoms with E-state index in [9.17, 15) is 9.18 Å². The van der Waals surface area contributed by atoms with Crippen molar-refractivity contribution in [2.24, 2.45) is 0 Å². The number of nitrogens with zero attached hydrogens (tertiary/aromatic N) is 2. The predicted molar refractivity (Wildman–Crippen MR) is 72.1 cm³/mol. The van der Waals surface area contributed by atoms with E-state index in [1.807, 2.05) is 6.92 Å². The smallest absolute Gasteiger partial charge is 0.255 e. The van der Waals surface area contributed by atoms with Gasteiger partial charge in [0.25, 0.3) is 5.91 Å². The van der Waals surface area contributed by atoms with Gasteiger partial charge in [0.05, 0.1) is 11.8 Å². The van der Waals surface area contributed by atoms with Crippen LogP contribution in [-0.4, -0.2) is 41.5 Å². The molecule has 0 aliphatic carbocycles. The average molecular weight is 296 g/mol. The Morgan fingerprint density at radius 3 is 2.83 bits per heavy atom. The van der Waals surface area contributed by atoms with Gasteiger partial charge in [0.1, 0.15) is 5.82 Å². The van der Waals surface area contributed by atoms with Gasteiger partial charge in [-0.1, -0.05) is 0 Å². The number of halogens is 3. The van der Waals surface area contributed by atoms with Crippen LogP contribution in [0.25, 0.3) is 0 Å². The summed E-state index contributed by atoms with van der Waals surface area (Å²) in [6.07, 6.45) is 2.50. The lowest BCUT2D eigenvalue weighted by atomic mass is 10.2. The Labute approximate surface area is 118 Å². The number of aromatic nitrogens is 1. The van der Waals surface area contributed by atoms with Crippen LogP contribution in [0.4, 0.5) is 4.39 Å². The average Bonchev–Trinajstić information content (AvgIpc) is 2.28. The summed E-state index contributed by atoms with van der Waals surface area (Å²) in [6, 6.07) is 1.50. The van der Waals surface area contributed by atoms with Gasteiger partial charge in [-0.2, -0.15) is 0 Å². The quantitative estimate of drug-likeness (QED) is 0.854. The number of carbonyl (C=O) groups is 1. The summed E-state index contributed by atoms with van der Waals surface area (Å²) in [5.74, 6) is -0.630. The molecule has 2 rings (SSSR count). The van der Waals surface area contributed by atoms with Gasteiger partial charge in [0, 0.05) is 31.9 Å². The molecule has 0 bridgehead atoms. The summed E-state index contributed by atoms with van der Waals surface area (Å²) in [6.45, 7) is 4.09. The molecule has 0 spiro atoms. The van der Waals surface area contributed by atoms with Gasteiger partial charge in [0.2, 0.25) is 0 Å². The first kappa shape index (κ1) is 17.1. The van der Waals surface area contributed by atoms with E-state index in [0.717, 1.165) is 12.7 Å². The molecule has 1 saturated heterocycles. The Bertz CT molecular complexity index is 406. The second kappa shape index (κ2) is 7.51. The molecule has 1 unspecified atom stereocenters. The molecule has 1 fully saturated rings. The van der Waals surface area contributed by atoms with Gasteiger partial charge in [0.15, 0.2) is 0 Å². The minimum absolute atomic E-state index is 0. The number of amides is 1. The monoisotopic (exact) mass is 295 g/mol. The number of nitrogens with one attached hydrogen (secondary N) is 1. The molecule has 1 N–H and O–H groups in total. The van der Waals surface area contributed by atoms with Gasteiger partial charge in [-0.15, -0.1) is 24.8 Å². The zero-order valence-corrected chi connectivity index (χ0v) is 11.6. The fourth-order valence-corrected chi connectivity index (χ4v) is 1.83. The van der Waals surface area contributed by atoms with Crippen molar-refractivity contribution >= 4 is 30.7 Å². The maximum atomic E-state index is 12.9. The van der Waals surface area contributed by atoms with Crippen molar-refractivity contribution in [3.05, 3.63) is 29.8 Å². The third-order valence-corrected chi connectivity index (χ3v) is 2.61. The van der Waals surface area contributed by atoms with Crippen molar-refractivity contribution in [1.29, 1.82) is 0 Å². The molecule has 0 radical (unpaired) electrons. The van der Waals surface area contributed by atoms with E-state index < -0.39 is 5.82 Å². The van der Waals surface area contributed by atoms with Crippen LogP contribution < -0.4 is 5.32 Å². The molecule has 1 aromatic heterocycles. The second-order valence-electron chi connectivity index (χ2n) is 4.00. The zero-order valence-electron chi connectivity index (χ0n) is 9.93. The highest BCUT2D eigenvalue weighted by Gasteiger charge is 2.21. The molecule has 18 heavy (non-hydrogen) atoms. The lowest BCUT2D eigenvalue weighted by molar-refractivity contribution is 0.0708. The van der Waals surface area contributed by atoms with E-state index in [2.05, 4.69) is 10.3 Å². The molecule has 2 heterocycles. The van der Waals surface area contributed by atoms with Crippen molar-refractivity contribution in [3.63, 3.8) is 0 Å². The largest absolute Gasteiger partial charge is 0.336 e. The van der Waals surface area contributed by atoms with Crippen molar-refractivity contribution in [2.45, 2.75) is 13.0 Å². The standard InChI is InChI=1S/C11H14FN3O.2ClH/c1-8-7-15(3-2-14-8)11(16)9-4-10(12)6-13-5-9;;/h4-6,8,14H,2-3,7H2,1H3;2*1H. The molecule has 1 aromatic rings.